The third-order valence-electron chi connectivity index (χ3n) is 7.73. The molecule has 0 aromatic heterocycles. The Morgan fingerprint density at radius 2 is 1.66 bits per heavy atom. The molecule has 0 bridgehead atoms. The van der Waals surface area contributed by atoms with Crippen LogP contribution in [0, 0.1) is 5.82 Å². The van der Waals surface area contributed by atoms with Crippen LogP contribution in [0.5, 0.6) is 0 Å². The van der Waals surface area contributed by atoms with Crippen molar-refractivity contribution < 1.29 is 14.0 Å². The molecule has 6 rings (SSSR count). The molecule has 1 heterocycles. The van der Waals surface area contributed by atoms with Crippen LogP contribution in [0.4, 0.5) is 10.1 Å². The van der Waals surface area contributed by atoms with Crippen LogP contribution in [0.2, 0.25) is 0 Å². The number of aryl methyl sites for hydroxylation is 1. The van der Waals surface area contributed by atoms with Gasteiger partial charge in [-0.2, -0.15) is 0 Å². The highest BCUT2D eigenvalue weighted by atomic mass is 19.1. The van der Waals surface area contributed by atoms with Crippen LogP contribution in [0.15, 0.2) is 103 Å². The van der Waals surface area contributed by atoms with Crippen LogP contribution in [0.3, 0.4) is 0 Å². The number of benzene rings is 5. The zero-order chi connectivity index (χ0) is 28.3. The molecule has 41 heavy (non-hydrogen) atoms. The minimum Gasteiger partial charge on any atom is -0.367 e. The Kier molecular flexibility index (Phi) is 7.21. The number of hydrogen-bond donors (Lipinski definition) is 2. The van der Waals surface area contributed by atoms with Gasteiger partial charge in [0, 0.05) is 42.0 Å². The highest BCUT2D eigenvalue weighted by Gasteiger charge is 2.21. The molecule has 0 unspecified atom stereocenters. The first kappa shape index (κ1) is 26.3. The van der Waals surface area contributed by atoms with E-state index in [1.54, 1.807) is 24.3 Å². The Morgan fingerprint density at radius 1 is 0.854 bits per heavy atom. The number of halogens is 1. The fourth-order valence-corrected chi connectivity index (χ4v) is 5.63. The molecule has 0 atom stereocenters. The van der Waals surface area contributed by atoms with Crippen LogP contribution in [0.1, 0.15) is 43.8 Å². The van der Waals surface area contributed by atoms with Crippen LogP contribution in [0.25, 0.3) is 21.9 Å². The molecule has 1 aliphatic rings. The van der Waals surface area contributed by atoms with Crippen molar-refractivity contribution in [2.75, 3.05) is 11.4 Å². The summed E-state index contributed by atoms with van der Waals surface area (Å²) < 4.78 is 15.0. The molecule has 6 heteroatoms. The second kappa shape index (κ2) is 11.3. The van der Waals surface area contributed by atoms with Crippen LogP contribution in [-0.2, 0) is 19.5 Å². The van der Waals surface area contributed by atoms with Gasteiger partial charge in [0.25, 0.3) is 5.91 Å². The van der Waals surface area contributed by atoms with Gasteiger partial charge < -0.3 is 16.0 Å². The number of nitrogens with zero attached hydrogens (tertiary/aromatic N) is 1. The Balaban J connectivity index is 1.19. The van der Waals surface area contributed by atoms with E-state index in [0.717, 1.165) is 47.2 Å². The lowest BCUT2D eigenvalue weighted by Crippen LogP contribution is -2.30. The summed E-state index contributed by atoms with van der Waals surface area (Å²) in [5, 5.41) is 5.36. The van der Waals surface area contributed by atoms with Crippen molar-refractivity contribution in [3.63, 3.8) is 0 Å². The maximum atomic E-state index is 15.0. The van der Waals surface area contributed by atoms with Crippen LogP contribution >= 0.6 is 0 Å². The normalized spacial score (nSPS) is 12.7. The number of anilines is 1. The summed E-state index contributed by atoms with van der Waals surface area (Å²) in [4.78, 5) is 27.1. The average Bonchev–Trinajstić information content (AvgIpc) is 3.00. The van der Waals surface area contributed by atoms with Gasteiger partial charge in [-0.1, -0.05) is 60.7 Å². The standard InChI is InChI=1S/C35H30FN3O2/c36-32-15-13-26(30-9-3-4-10-31(30)34(37)40)19-29(32)22-39-17-5-8-27-20-28(14-16-33(27)39)35(41)38-21-23-11-12-24-6-1-2-7-25(24)18-23/h1-4,6-7,9-16,18-20H,5,8,17,21-22H2,(H2,37,40)(H,38,41). The number of carbonyl (C=O) groups excluding carboxylic acids is 2. The van der Waals surface area contributed by atoms with E-state index < -0.39 is 5.91 Å². The molecule has 3 N–H and O–H groups in total. The Labute approximate surface area is 238 Å². The number of hydrogen-bond acceptors (Lipinski definition) is 3. The Bertz CT molecular complexity index is 1780. The van der Waals surface area contributed by atoms with Crippen molar-refractivity contribution in [1.82, 2.24) is 5.32 Å². The highest BCUT2D eigenvalue weighted by Crippen LogP contribution is 2.32. The van der Waals surface area contributed by atoms with E-state index in [9.17, 15) is 14.0 Å². The van der Waals surface area contributed by atoms with E-state index >= 15 is 0 Å². The van der Waals surface area contributed by atoms with Gasteiger partial charge in [0.1, 0.15) is 5.82 Å². The van der Waals surface area contributed by atoms with Crippen molar-refractivity contribution in [1.29, 1.82) is 0 Å². The minimum absolute atomic E-state index is 0.120. The lowest BCUT2D eigenvalue weighted by Gasteiger charge is -2.32. The second-order valence-corrected chi connectivity index (χ2v) is 10.4. The number of nitrogens with two attached hydrogens (primary N) is 1. The number of amides is 2. The maximum Gasteiger partial charge on any atom is 0.251 e. The Morgan fingerprint density at radius 3 is 2.51 bits per heavy atom. The van der Waals surface area contributed by atoms with Gasteiger partial charge in [0.2, 0.25) is 5.91 Å². The fourth-order valence-electron chi connectivity index (χ4n) is 5.63. The summed E-state index contributed by atoms with van der Waals surface area (Å²) in [5.41, 5.74) is 11.7. The third-order valence-corrected chi connectivity index (χ3v) is 7.73. The molecule has 0 radical (unpaired) electrons. The SMILES string of the molecule is NC(=O)c1ccccc1-c1ccc(F)c(CN2CCCc3cc(C(=O)NCc4ccc5ccccc5c4)ccc32)c1. The molecule has 0 saturated carbocycles. The van der Waals surface area contributed by atoms with E-state index in [1.165, 1.54) is 11.5 Å². The lowest BCUT2D eigenvalue weighted by atomic mass is 9.96. The molecule has 5 nitrogen and oxygen atoms in total. The topological polar surface area (TPSA) is 75.4 Å². The zero-order valence-corrected chi connectivity index (χ0v) is 22.6. The van der Waals surface area contributed by atoms with Crippen molar-refractivity contribution >= 4 is 28.3 Å². The van der Waals surface area contributed by atoms with Crippen LogP contribution in [-0.4, -0.2) is 18.4 Å². The first-order valence-corrected chi connectivity index (χ1v) is 13.8. The first-order chi connectivity index (χ1) is 20.0. The first-order valence-electron chi connectivity index (χ1n) is 13.8. The summed E-state index contributed by atoms with van der Waals surface area (Å²) in [6, 6.07) is 32.1. The molecule has 0 saturated heterocycles. The number of fused-ring (bicyclic) bond motifs is 2. The molecule has 2 amide bonds. The fraction of sp³-hybridized carbons (Fsp3) is 0.143. The average molecular weight is 544 g/mol. The predicted octanol–water partition coefficient (Wildman–Crippen LogP) is 6.63. The largest absolute Gasteiger partial charge is 0.367 e. The smallest absolute Gasteiger partial charge is 0.251 e. The van der Waals surface area contributed by atoms with Crippen molar-refractivity contribution in [3.8, 4) is 11.1 Å². The summed E-state index contributed by atoms with van der Waals surface area (Å²) in [7, 11) is 0. The van der Waals surface area contributed by atoms with Crippen molar-refractivity contribution in [2.24, 2.45) is 5.73 Å². The van der Waals surface area contributed by atoms with Gasteiger partial charge in [-0.15, -0.1) is 0 Å². The van der Waals surface area contributed by atoms with E-state index in [1.807, 2.05) is 48.5 Å². The predicted molar refractivity (Wildman–Crippen MR) is 161 cm³/mol. The van der Waals surface area contributed by atoms with Gasteiger partial charge >= 0.3 is 0 Å². The molecular formula is C35H30FN3O2. The monoisotopic (exact) mass is 543 g/mol. The summed E-state index contributed by atoms with van der Waals surface area (Å²) >= 11 is 0. The summed E-state index contributed by atoms with van der Waals surface area (Å²) in [5.74, 6) is -0.944. The van der Waals surface area contributed by atoms with Crippen molar-refractivity contribution in [3.05, 3.63) is 137 Å². The zero-order valence-electron chi connectivity index (χ0n) is 22.6. The van der Waals surface area contributed by atoms with E-state index in [-0.39, 0.29) is 11.7 Å². The molecule has 0 aliphatic carbocycles. The lowest BCUT2D eigenvalue weighted by molar-refractivity contribution is 0.0949. The third kappa shape index (κ3) is 5.54. The summed E-state index contributed by atoms with van der Waals surface area (Å²) in [6.45, 7) is 1.60. The van der Waals surface area contributed by atoms with E-state index in [4.69, 9.17) is 5.73 Å². The summed E-state index contributed by atoms with van der Waals surface area (Å²) in [6.07, 6.45) is 1.76. The molecule has 5 aromatic carbocycles. The van der Waals surface area contributed by atoms with Gasteiger partial charge in [0.05, 0.1) is 0 Å². The molecule has 5 aromatic rings. The second-order valence-electron chi connectivity index (χ2n) is 10.4. The van der Waals surface area contributed by atoms with Gasteiger partial charge in [-0.3, -0.25) is 9.59 Å². The quantitative estimate of drug-likeness (QED) is 0.242. The highest BCUT2D eigenvalue weighted by molar-refractivity contribution is 6.00. The minimum atomic E-state index is -0.520. The van der Waals surface area contributed by atoms with E-state index in [0.29, 0.717) is 35.3 Å². The molecule has 0 fully saturated rings. The number of rotatable bonds is 7. The van der Waals surface area contributed by atoms with Crippen molar-refractivity contribution in [2.45, 2.75) is 25.9 Å². The maximum absolute atomic E-state index is 15.0. The van der Waals surface area contributed by atoms with E-state index in [2.05, 4.69) is 34.5 Å². The molecule has 204 valence electrons. The van der Waals surface area contributed by atoms with Gasteiger partial charge in [-0.25, -0.2) is 4.39 Å². The molecule has 1 aliphatic heterocycles. The molecular weight excluding hydrogens is 513 g/mol. The van der Waals surface area contributed by atoms with Gasteiger partial charge in [-0.05, 0) is 88.3 Å². The number of nitrogens with one attached hydrogen (secondary N) is 1. The van der Waals surface area contributed by atoms with Gasteiger partial charge in [0.15, 0.2) is 0 Å². The molecule has 0 spiro atoms. The van der Waals surface area contributed by atoms with Crippen LogP contribution < -0.4 is 16.0 Å². The Hall–Kier alpha value is -4.97. The number of primary amides is 1. The number of carbonyl (C=O) groups is 2.